The molecule has 0 saturated heterocycles. The molecule has 0 fully saturated rings. The first kappa shape index (κ1) is 15.7. The second-order valence-corrected chi connectivity index (χ2v) is 5.59. The van der Waals surface area contributed by atoms with Crippen LogP contribution in [0, 0.1) is 6.92 Å². The van der Waals surface area contributed by atoms with Crippen molar-refractivity contribution in [3.63, 3.8) is 0 Å². The van der Waals surface area contributed by atoms with Gasteiger partial charge < -0.3 is 4.84 Å². The monoisotopic (exact) mass is 285 g/mol. The maximum atomic E-state index is 11.8. The van der Waals surface area contributed by atoms with E-state index in [0.717, 1.165) is 12.0 Å². The minimum Gasteiger partial charge on any atom is -0.396 e. The summed E-state index contributed by atoms with van der Waals surface area (Å²) in [5.41, 5.74) is 1.00. The zero-order valence-corrected chi connectivity index (χ0v) is 12.0. The Kier molecular flexibility index (Phi) is 6.52. The maximum absolute atomic E-state index is 11.8. The molecule has 0 amide bonds. The van der Waals surface area contributed by atoms with Gasteiger partial charge in [0.1, 0.15) is 6.61 Å². The van der Waals surface area contributed by atoms with E-state index in [1.165, 1.54) is 12.1 Å². The molecule has 5 nitrogen and oxygen atoms in total. The zero-order chi connectivity index (χ0) is 14.1. The van der Waals surface area contributed by atoms with Crippen molar-refractivity contribution in [2.75, 3.05) is 13.2 Å². The van der Waals surface area contributed by atoms with Crippen LogP contribution in [-0.4, -0.2) is 27.8 Å². The Morgan fingerprint density at radius 2 is 1.89 bits per heavy atom. The van der Waals surface area contributed by atoms with Gasteiger partial charge in [0, 0.05) is 12.6 Å². The summed E-state index contributed by atoms with van der Waals surface area (Å²) in [4.78, 5) is 5.07. The average molecular weight is 285 g/mol. The lowest BCUT2D eigenvalue weighted by Gasteiger charge is -2.05. The molecular formula is C13H19NO4S. The molecule has 1 rings (SSSR count). The maximum Gasteiger partial charge on any atom is 0.296 e. The van der Waals surface area contributed by atoms with Crippen LogP contribution < -0.4 is 0 Å². The smallest absolute Gasteiger partial charge is 0.296 e. The van der Waals surface area contributed by atoms with Crippen LogP contribution in [0.3, 0.4) is 0 Å². The molecule has 0 atom stereocenters. The summed E-state index contributed by atoms with van der Waals surface area (Å²) < 4.78 is 28.5. The molecule has 0 radical (unpaired) electrons. The quantitative estimate of drug-likeness (QED) is 0.318. The Balaban J connectivity index is 2.35. The summed E-state index contributed by atoms with van der Waals surface area (Å²) in [5, 5.41) is 3.66. The van der Waals surface area contributed by atoms with E-state index in [-0.39, 0.29) is 11.5 Å². The van der Waals surface area contributed by atoms with Crippen molar-refractivity contribution < 1.29 is 17.4 Å². The zero-order valence-electron chi connectivity index (χ0n) is 11.2. The van der Waals surface area contributed by atoms with Crippen molar-refractivity contribution in [3.8, 4) is 0 Å². The van der Waals surface area contributed by atoms with E-state index in [9.17, 15) is 8.42 Å². The molecule has 0 aliphatic carbocycles. The first-order valence-corrected chi connectivity index (χ1v) is 7.57. The highest BCUT2D eigenvalue weighted by Gasteiger charge is 2.14. The van der Waals surface area contributed by atoms with Crippen molar-refractivity contribution in [2.45, 2.75) is 31.6 Å². The van der Waals surface area contributed by atoms with Gasteiger partial charge in [0.15, 0.2) is 0 Å². The molecule has 0 unspecified atom stereocenters. The Morgan fingerprint density at radius 1 is 1.21 bits per heavy atom. The van der Waals surface area contributed by atoms with Crippen molar-refractivity contribution in [2.24, 2.45) is 5.16 Å². The molecule has 0 saturated carbocycles. The largest absolute Gasteiger partial charge is 0.396 e. The van der Waals surface area contributed by atoms with E-state index in [2.05, 4.69) is 5.16 Å². The minimum atomic E-state index is -3.67. The molecule has 106 valence electrons. The lowest BCUT2D eigenvalue weighted by Crippen LogP contribution is -2.08. The minimum absolute atomic E-state index is 0.0812. The van der Waals surface area contributed by atoms with Gasteiger partial charge in [0.25, 0.3) is 10.1 Å². The molecule has 0 bridgehead atoms. The molecule has 0 spiro atoms. The first-order valence-electron chi connectivity index (χ1n) is 6.16. The third kappa shape index (κ3) is 5.85. The van der Waals surface area contributed by atoms with Gasteiger partial charge in [-0.15, -0.1) is 0 Å². The molecule has 19 heavy (non-hydrogen) atoms. The molecule has 1 aromatic carbocycles. The topological polar surface area (TPSA) is 65.0 Å². The van der Waals surface area contributed by atoms with E-state index in [4.69, 9.17) is 9.02 Å². The molecule has 0 heterocycles. The summed E-state index contributed by atoms with van der Waals surface area (Å²) in [6.45, 7) is 4.26. The molecule has 0 aromatic heterocycles. The van der Waals surface area contributed by atoms with Gasteiger partial charge in [-0.1, -0.05) is 29.8 Å². The van der Waals surface area contributed by atoms with Crippen molar-refractivity contribution in [3.05, 3.63) is 29.8 Å². The fraction of sp³-hybridized carbons (Fsp3) is 0.462. The fourth-order valence-corrected chi connectivity index (χ4v) is 2.19. The lowest BCUT2D eigenvalue weighted by atomic mass is 10.2. The summed E-state index contributed by atoms with van der Waals surface area (Å²) >= 11 is 0. The van der Waals surface area contributed by atoms with Crippen LogP contribution in [0.2, 0.25) is 0 Å². The van der Waals surface area contributed by atoms with Crippen LogP contribution >= 0.6 is 0 Å². The van der Waals surface area contributed by atoms with Gasteiger partial charge in [-0.3, -0.25) is 4.18 Å². The number of oxime groups is 1. The van der Waals surface area contributed by atoms with Crippen LogP contribution in [0.15, 0.2) is 34.3 Å². The van der Waals surface area contributed by atoms with E-state index in [1.54, 1.807) is 18.3 Å². The molecular weight excluding hydrogens is 266 g/mol. The fourth-order valence-electron chi connectivity index (χ4n) is 1.25. The van der Waals surface area contributed by atoms with Crippen molar-refractivity contribution >= 4 is 16.3 Å². The number of rotatable bonds is 8. The van der Waals surface area contributed by atoms with Crippen LogP contribution in [0.25, 0.3) is 0 Å². The Bertz CT molecular complexity index is 494. The van der Waals surface area contributed by atoms with Crippen LogP contribution in [0.5, 0.6) is 0 Å². The number of hydrogen-bond acceptors (Lipinski definition) is 5. The third-order valence-electron chi connectivity index (χ3n) is 2.26. The second-order valence-electron chi connectivity index (χ2n) is 3.97. The normalized spacial score (nSPS) is 11.9. The van der Waals surface area contributed by atoms with Crippen LogP contribution in [-0.2, 0) is 19.1 Å². The van der Waals surface area contributed by atoms with E-state index in [1.807, 2.05) is 13.8 Å². The van der Waals surface area contributed by atoms with Gasteiger partial charge in [-0.05, 0) is 25.5 Å². The Labute approximate surface area is 114 Å². The third-order valence-corrected chi connectivity index (χ3v) is 3.59. The van der Waals surface area contributed by atoms with E-state index in [0.29, 0.717) is 13.0 Å². The standard InChI is InChI=1S/C13H19NO4S/c1-3-9-14-17-10-4-11-18-19(15,16)13-7-5-12(2)6-8-13/h5-9H,3-4,10-11H2,1-2H3. The van der Waals surface area contributed by atoms with E-state index < -0.39 is 10.1 Å². The van der Waals surface area contributed by atoms with Gasteiger partial charge in [-0.2, -0.15) is 8.42 Å². The van der Waals surface area contributed by atoms with Crippen LogP contribution in [0.4, 0.5) is 0 Å². The summed E-state index contributed by atoms with van der Waals surface area (Å²) in [5.74, 6) is 0. The van der Waals surface area contributed by atoms with E-state index >= 15 is 0 Å². The van der Waals surface area contributed by atoms with Gasteiger partial charge in [0.05, 0.1) is 11.5 Å². The van der Waals surface area contributed by atoms with Crippen molar-refractivity contribution in [1.29, 1.82) is 0 Å². The molecule has 0 aliphatic rings. The molecule has 6 heteroatoms. The van der Waals surface area contributed by atoms with Gasteiger partial charge in [0.2, 0.25) is 0 Å². The SMILES string of the molecule is CCC=NOCCCOS(=O)(=O)c1ccc(C)cc1. The lowest BCUT2D eigenvalue weighted by molar-refractivity contribution is 0.129. The first-order chi connectivity index (χ1) is 9.06. The summed E-state index contributed by atoms with van der Waals surface area (Å²) in [7, 11) is -3.67. The molecule has 0 N–H and O–H groups in total. The predicted molar refractivity (Wildman–Crippen MR) is 73.7 cm³/mol. The summed E-state index contributed by atoms with van der Waals surface area (Å²) in [6, 6.07) is 6.54. The highest BCUT2D eigenvalue weighted by atomic mass is 32.2. The molecule has 1 aromatic rings. The van der Waals surface area contributed by atoms with Crippen LogP contribution in [0.1, 0.15) is 25.3 Å². The van der Waals surface area contributed by atoms with Gasteiger partial charge >= 0.3 is 0 Å². The highest BCUT2D eigenvalue weighted by molar-refractivity contribution is 7.86. The Morgan fingerprint density at radius 3 is 2.53 bits per heavy atom. The highest BCUT2D eigenvalue weighted by Crippen LogP contribution is 2.13. The second kappa shape index (κ2) is 7.91. The average Bonchev–Trinajstić information content (AvgIpc) is 2.38. The number of aryl methyl sites for hydroxylation is 1. The number of nitrogens with zero attached hydrogens (tertiary/aromatic N) is 1. The van der Waals surface area contributed by atoms with Gasteiger partial charge in [-0.25, -0.2) is 0 Å². The number of hydrogen-bond donors (Lipinski definition) is 0. The molecule has 0 aliphatic heterocycles. The van der Waals surface area contributed by atoms with Crippen molar-refractivity contribution in [1.82, 2.24) is 0 Å². The Hall–Kier alpha value is -1.40. The summed E-state index contributed by atoms with van der Waals surface area (Å²) in [6.07, 6.45) is 2.91. The number of benzene rings is 1. The predicted octanol–water partition coefficient (Wildman–Crippen LogP) is 2.50.